The summed E-state index contributed by atoms with van der Waals surface area (Å²) < 4.78 is 0. The van der Waals surface area contributed by atoms with Gasteiger partial charge in [-0.2, -0.15) is 0 Å². The predicted molar refractivity (Wildman–Crippen MR) is 85.0 cm³/mol. The van der Waals surface area contributed by atoms with E-state index >= 15 is 0 Å². The van der Waals surface area contributed by atoms with Gasteiger partial charge in [-0.05, 0) is 24.4 Å². The second-order valence-electron chi connectivity index (χ2n) is 5.29. The first-order valence-corrected chi connectivity index (χ1v) is 7.18. The van der Waals surface area contributed by atoms with Crippen LogP contribution >= 0.6 is 0 Å². The number of hydrogen-bond donors (Lipinski definition) is 2. The summed E-state index contributed by atoms with van der Waals surface area (Å²) in [5, 5.41) is 8.55. The second kappa shape index (κ2) is 7.06. The molecule has 0 aromatic heterocycles. The van der Waals surface area contributed by atoms with Crippen LogP contribution in [0.3, 0.4) is 0 Å². The average Bonchev–Trinajstić information content (AvgIpc) is 2.44. The molecule has 0 bridgehead atoms. The molecule has 0 spiro atoms. The van der Waals surface area contributed by atoms with Crippen LogP contribution in [0.1, 0.15) is 26.7 Å². The Morgan fingerprint density at radius 3 is 2.65 bits per heavy atom. The number of rotatable bonds is 6. The molecule has 20 heavy (non-hydrogen) atoms. The van der Waals surface area contributed by atoms with Gasteiger partial charge in [-0.1, -0.05) is 50.2 Å². The number of fused-ring (bicyclic) bond motifs is 1. The first-order valence-electron chi connectivity index (χ1n) is 7.18. The van der Waals surface area contributed by atoms with Gasteiger partial charge in [0.25, 0.3) is 0 Å². The molecule has 2 aromatic rings. The molecule has 0 saturated carbocycles. The summed E-state index contributed by atoms with van der Waals surface area (Å²) >= 11 is 0. The van der Waals surface area contributed by atoms with Crippen molar-refractivity contribution in [3.8, 4) is 0 Å². The Labute approximate surface area is 120 Å². The zero-order valence-electron chi connectivity index (χ0n) is 12.1. The number of carbonyl (C=O) groups excluding carboxylic acids is 1. The molecule has 0 aliphatic rings. The van der Waals surface area contributed by atoms with Crippen LogP contribution in [0.25, 0.3) is 10.8 Å². The highest BCUT2D eigenvalue weighted by molar-refractivity contribution is 6.02. The Morgan fingerprint density at radius 2 is 1.85 bits per heavy atom. The number of carbonyl (C=O) groups is 1. The van der Waals surface area contributed by atoms with Gasteiger partial charge in [0.15, 0.2) is 0 Å². The van der Waals surface area contributed by atoms with Crippen molar-refractivity contribution in [2.75, 3.05) is 11.9 Å². The Bertz CT molecular complexity index is 573. The lowest BCUT2D eigenvalue weighted by atomic mass is 10.1. The van der Waals surface area contributed by atoms with Crippen LogP contribution in [0.4, 0.5) is 5.69 Å². The summed E-state index contributed by atoms with van der Waals surface area (Å²) in [5.41, 5.74) is 0.893. The average molecular weight is 270 g/mol. The van der Waals surface area contributed by atoms with Gasteiger partial charge < -0.3 is 10.6 Å². The molecule has 0 radical (unpaired) electrons. The van der Waals surface area contributed by atoms with Gasteiger partial charge in [0.1, 0.15) is 0 Å². The molecule has 3 heteroatoms. The van der Waals surface area contributed by atoms with Crippen LogP contribution < -0.4 is 10.6 Å². The number of amides is 1. The highest BCUT2D eigenvalue weighted by atomic mass is 16.1. The van der Waals surface area contributed by atoms with Crippen LogP contribution in [0.15, 0.2) is 42.5 Å². The number of nitrogens with one attached hydrogen (secondary N) is 2. The van der Waals surface area contributed by atoms with Crippen molar-refractivity contribution < 1.29 is 4.79 Å². The van der Waals surface area contributed by atoms with Gasteiger partial charge in [0, 0.05) is 23.5 Å². The van der Waals surface area contributed by atoms with Crippen molar-refractivity contribution in [3.05, 3.63) is 42.5 Å². The van der Waals surface area contributed by atoms with E-state index in [9.17, 15) is 4.79 Å². The Morgan fingerprint density at radius 1 is 1.10 bits per heavy atom. The monoisotopic (exact) mass is 270 g/mol. The maximum atomic E-state index is 12.0. The van der Waals surface area contributed by atoms with E-state index in [0.29, 0.717) is 12.5 Å². The van der Waals surface area contributed by atoms with Gasteiger partial charge in [-0.3, -0.25) is 4.79 Å². The molecule has 0 heterocycles. The van der Waals surface area contributed by atoms with E-state index in [1.807, 2.05) is 30.3 Å². The maximum Gasteiger partial charge on any atom is 0.224 e. The molecule has 106 valence electrons. The highest BCUT2D eigenvalue weighted by Crippen LogP contribution is 2.22. The lowest BCUT2D eigenvalue weighted by molar-refractivity contribution is -0.116. The summed E-state index contributed by atoms with van der Waals surface area (Å²) in [5.74, 6) is 0.0758. The minimum absolute atomic E-state index is 0.0758. The third-order valence-corrected chi connectivity index (χ3v) is 3.20. The van der Waals surface area contributed by atoms with Crippen molar-refractivity contribution in [1.82, 2.24) is 5.32 Å². The van der Waals surface area contributed by atoms with E-state index in [2.05, 4.69) is 36.6 Å². The molecular formula is C17H22N2O. The zero-order chi connectivity index (χ0) is 14.4. The molecule has 0 atom stereocenters. The molecule has 0 aliphatic heterocycles. The summed E-state index contributed by atoms with van der Waals surface area (Å²) in [6.07, 6.45) is 1.40. The largest absolute Gasteiger partial charge is 0.326 e. The van der Waals surface area contributed by atoms with Crippen molar-refractivity contribution in [2.45, 2.75) is 32.7 Å². The van der Waals surface area contributed by atoms with E-state index < -0.39 is 0 Å². The number of anilines is 1. The topological polar surface area (TPSA) is 41.1 Å². The van der Waals surface area contributed by atoms with Gasteiger partial charge in [0.05, 0.1) is 0 Å². The van der Waals surface area contributed by atoms with Crippen molar-refractivity contribution in [2.24, 2.45) is 0 Å². The molecular weight excluding hydrogens is 248 g/mol. The highest BCUT2D eigenvalue weighted by Gasteiger charge is 2.05. The third-order valence-electron chi connectivity index (χ3n) is 3.20. The lowest BCUT2D eigenvalue weighted by Gasteiger charge is -2.10. The first kappa shape index (κ1) is 14.5. The van der Waals surface area contributed by atoms with E-state index in [0.717, 1.165) is 29.4 Å². The van der Waals surface area contributed by atoms with E-state index in [1.165, 1.54) is 0 Å². The predicted octanol–water partition coefficient (Wildman–Crippen LogP) is 3.56. The first-order chi connectivity index (χ1) is 9.66. The van der Waals surface area contributed by atoms with Crippen LogP contribution in [0.5, 0.6) is 0 Å². The summed E-state index contributed by atoms with van der Waals surface area (Å²) in [6, 6.07) is 14.5. The van der Waals surface area contributed by atoms with Crippen LogP contribution in [-0.4, -0.2) is 18.5 Å². The fraction of sp³-hybridized carbons (Fsp3) is 0.353. The SMILES string of the molecule is CC(C)NCCCC(=O)Nc1cccc2ccccc12. The Balaban J connectivity index is 1.93. The van der Waals surface area contributed by atoms with Gasteiger partial charge >= 0.3 is 0 Å². The minimum Gasteiger partial charge on any atom is -0.326 e. The van der Waals surface area contributed by atoms with Gasteiger partial charge in [-0.15, -0.1) is 0 Å². The van der Waals surface area contributed by atoms with Crippen molar-refractivity contribution >= 4 is 22.4 Å². The van der Waals surface area contributed by atoms with Crippen LogP contribution in [-0.2, 0) is 4.79 Å². The molecule has 2 N–H and O–H groups in total. The van der Waals surface area contributed by atoms with E-state index in [-0.39, 0.29) is 5.91 Å². The molecule has 0 aliphatic carbocycles. The second-order valence-corrected chi connectivity index (χ2v) is 5.29. The van der Waals surface area contributed by atoms with E-state index in [1.54, 1.807) is 0 Å². The summed E-state index contributed by atoms with van der Waals surface area (Å²) in [7, 11) is 0. The fourth-order valence-corrected chi connectivity index (χ4v) is 2.19. The fourth-order valence-electron chi connectivity index (χ4n) is 2.19. The summed E-state index contributed by atoms with van der Waals surface area (Å²) in [6.45, 7) is 5.09. The third kappa shape index (κ3) is 4.07. The maximum absolute atomic E-state index is 12.0. The van der Waals surface area contributed by atoms with E-state index in [4.69, 9.17) is 0 Å². The lowest BCUT2D eigenvalue weighted by Crippen LogP contribution is -2.24. The molecule has 0 fully saturated rings. The standard InChI is InChI=1S/C17H22N2O/c1-13(2)18-12-6-11-17(20)19-16-10-5-8-14-7-3-4-9-15(14)16/h3-5,7-10,13,18H,6,11-12H2,1-2H3,(H,19,20). The smallest absolute Gasteiger partial charge is 0.224 e. The van der Waals surface area contributed by atoms with Crippen molar-refractivity contribution in [1.29, 1.82) is 0 Å². The quantitative estimate of drug-likeness (QED) is 0.788. The normalized spacial score (nSPS) is 10.9. The minimum atomic E-state index is 0.0758. The molecule has 2 aromatic carbocycles. The molecule has 2 rings (SSSR count). The molecule has 0 saturated heterocycles. The van der Waals surface area contributed by atoms with Crippen LogP contribution in [0.2, 0.25) is 0 Å². The Kier molecular flexibility index (Phi) is 5.13. The molecule has 3 nitrogen and oxygen atoms in total. The Hall–Kier alpha value is -1.87. The molecule has 0 unspecified atom stereocenters. The van der Waals surface area contributed by atoms with Crippen molar-refractivity contribution in [3.63, 3.8) is 0 Å². The van der Waals surface area contributed by atoms with Gasteiger partial charge in [0.2, 0.25) is 5.91 Å². The zero-order valence-corrected chi connectivity index (χ0v) is 12.1. The number of benzene rings is 2. The van der Waals surface area contributed by atoms with Gasteiger partial charge in [-0.25, -0.2) is 0 Å². The molecule has 1 amide bonds. The van der Waals surface area contributed by atoms with Crippen LogP contribution in [0, 0.1) is 0 Å². The summed E-state index contributed by atoms with van der Waals surface area (Å²) in [4.78, 5) is 12.0. The number of hydrogen-bond acceptors (Lipinski definition) is 2.